The van der Waals surface area contributed by atoms with Gasteiger partial charge in [-0.15, -0.1) is 0 Å². The lowest BCUT2D eigenvalue weighted by molar-refractivity contribution is -0.837. The van der Waals surface area contributed by atoms with Crippen molar-refractivity contribution in [1.82, 2.24) is 4.31 Å². The highest BCUT2D eigenvalue weighted by atomic mass is 35.5. The van der Waals surface area contributed by atoms with Gasteiger partial charge in [0, 0.05) is 6.07 Å². The van der Waals surface area contributed by atoms with Gasteiger partial charge in [0.05, 0.1) is 36.6 Å². The molecule has 0 aromatic heterocycles. The maximum absolute atomic E-state index is 12.9. The van der Waals surface area contributed by atoms with Gasteiger partial charge in [0.1, 0.15) is 5.69 Å². The molecule has 2 aromatic rings. The van der Waals surface area contributed by atoms with Crippen molar-refractivity contribution in [1.29, 1.82) is 0 Å². The first-order valence-electron chi connectivity index (χ1n) is 8.27. The molecule has 1 aliphatic heterocycles. The average molecular weight is 421 g/mol. The molecule has 0 aliphatic carbocycles. The molecule has 27 heavy (non-hydrogen) atoms. The van der Waals surface area contributed by atoms with Crippen LogP contribution in [0.1, 0.15) is 11.1 Å². The number of nitrogens with zero attached hydrogens (tertiary/aromatic N) is 1. The predicted molar refractivity (Wildman–Crippen MR) is 91.7 cm³/mol. The number of alkyl halides is 3. The molecule has 0 spiro atoms. The standard InChI is InChI=1S/C18H19F3N2O2S.ClH/c1-14-5-7-17(8-6-14)26(24,25)23-11-9-22(10-12-23)16-4-2-3-15(13-16)18(19,20)21;/h2-8,13H,9-12H2,1H3;1H. The van der Waals surface area contributed by atoms with Gasteiger partial charge in [0.25, 0.3) is 0 Å². The van der Waals surface area contributed by atoms with Crippen LogP contribution in [0.3, 0.4) is 0 Å². The van der Waals surface area contributed by atoms with Crippen molar-refractivity contribution in [3.8, 4) is 0 Å². The largest absolute Gasteiger partial charge is 1.00 e. The summed E-state index contributed by atoms with van der Waals surface area (Å²) in [5.41, 5.74) is 0.826. The molecular formula is C18H20ClF3N2O2S. The molecule has 1 saturated heterocycles. The second-order valence-electron chi connectivity index (χ2n) is 6.40. The quantitative estimate of drug-likeness (QED) is 0.709. The van der Waals surface area contributed by atoms with Crippen LogP contribution in [0.25, 0.3) is 0 Å². The second-order valence-corrected chi connectivity index (χ2v) is 8.34. The summed E-state index contributed by atoms with van der Waals surface area (Å²) in [6, 6.07) is 11.9. The van der Waals surface area contributed by atoms with E-state index >= 15 is 0 Å². The zero-order valence-electron chi connectivity index (χ0n) is 14.6. The third-order valence-electron chi connectivity index (χ3n) is 4.58. The summed E-state index contributed by atoms with van der Waals surface area (Å²) in [6.45, 7) is 3.26. The normalized spacial score (nSPS) is 16.7. The average Bonchev–Trinajstić information content (AvgIpc) is 2.62. The molecule has 3 rings (SSSR count). The molecule has 4 nitrogen and oxygen atoms in total. The molecule has 1 N–H and O–H groups in total. The van der Waals surface area contributed by atoms with Crippen LogP contribution < -0.4 is 17.3 Å². The number of halogens is 4. The van der Waals surface area contributed by atoms with Gasteiger partial charge in [-0.3, -0.25) is 0 Å². The van der Waals surface area contributed by atoms with Gasteiger partial charge in [-0.25, -0.2) is 8.42 Å². The monoisotopic (exact) mass is 420 g/mol. The van der Waals surface area contributed by atoms with Crippen molar-refractivity contribution in [2.24, 2.45) is 0 Å². The van der Waals surface area contributed by atoms with Crippen LogP contribution in [0.2, 0.25) is 0 Å². The topological polar surface area (TPSA) is 41.8 Å². The SMILES string of the molecule is Cc1ccc(S(=O)(=O)N2CC[NH+](c3cccc(C(F)(F)F)c3)CC2)cc1.[Cl-]. The summed E-state index contributed by atoms with van der Waals surface area (Å²) >= 11 is 0. The number of hydrogen-bond donors (Lipinski definition) is 1. The lowest BCUT2D eigenvalue weighted by Crippen LogP contribution is -3.10. The van der Waals surface area contributed by atoms with E-state index in [1.54, 1.807) is 30.3 Å². The maximum Gasteiger partial charge on any atom is 0.416 e. The molecule has 0 atom stereocenters. The van der Waals surface area contributed by atoms with Gasteiger partial charge in [-0.1, -0.05) is 23.8 Å². The molecule has 0 unspecified atom stereocenters. The van der Waals surface area contributed by atoms with Gasteiger partial charge < -0.3 is 17.3 Å². The van der Waals surface area contributed by atoms with E-state index in [1.807, 2.05) is 6.92 Å². The number of benzene rings is 2. The Labute approximate surface area is 163 Å². The number of quaternary nitrogens is 1. The number of hydrogen-bond acceptors (Lipinski definition) is 2. The minimum absolute atomic E-state index is 0. The zero-order valence-corrected chi connectivity index (χ0v) is 16.2. The highest BCUT2D eigenvalue weighted by Crippen LogP contribution is 2.30. The summed E-state index contributed by atoms with van der Waals surface area (Å²) in [5.74, 6) is 0. The first kappa shape index (κ1) is 21.7. The predicted octanol–water partition coefficient (Wildman–Crippen LogP) is -0.761. The fraction of sp³-hybridized carbons (Fsp3) is 0.333. The van der Waals surface area contributed by atoms with Crippen molar-refractivity contribution in [3.63, 3.8) is 0 Å². The van der Waals surface area contributed by atoms with Crippen molar-refractivity contribution in [3.05, 3.63) is 59.7 Å². The van der Waals surface area contributed by atoms with E-state index in [9.17, 15) is 21.6 Å². The first-order chi connectivity index (χ1) is 12.2. The van der Waals surface area contributed by atoms with Gasteiger partial charge in [-0.2, -0.15) is 17.5 Å². The Morgan fingerprint density at radius 3 is 2.15 bits per heavy atom. The van der Waals surface area contributed by atoms with Crippen molar-refractivity contribution >= 4 is 15.7 Å². The van der Waals surface area contributed by atoms with Crippen LogP contribution in [-0.2, 0) is 16.2 Å². The van der Waals surface area contributed by atoms with E-state index in [1.165, 1.54) is 10.4 Å². The Morgan fingerprint density at radius 1 is 1.00 bits per heavy atom. The second kappa shape index (κ2) is 8.18. The summed E-state index contributed by atoms with van der Waals surface area (Å²) in [6.07, 6.45) is -4.38. The minimum atomic E-state index is -4.38. The van der Waals surface area contributed by atoms with E-state index in [4.69, 9.17) is 0 Å². The van der Waals surface area contributed by atoms with E-state index in [2.05, 4.69) is 0 Å². The van der Waals surface area contributed by atoms with Gasteiger partial charge >= 0.3 is 6.18 Å². The van der Waals surface area contributed by atoms with Crippen LogP contribution in [0.4, 0.5) is 18.9 Å². The fourth-order valence-electron chi connectivity index (χ4n) is 3.06. The third kappa shape index (κ3) is 4.82. The summed E-state index contributed by atoms with van der Waals surface area (Å²) in [7, 11) is -3.58. The molecule has 0 bridgehead atoms. The van der Waals surface area contributed by atoms with Crippen LogP contribution in [-0.4, -0.2) is 38.9 Å². The Kier molecular flexibility index (Phi) is 6.57. The highest BCUT2D eigenvalue weighted by molar-refractivity contribution is 7.89. The lowest BCUT2D eigenvalue weighted by atomic mass is 10.1. The molecule has 9 heteroatoms. The highest BCUT2D eigenvalue weighted by Gasteiger charge is 2.34. The molecule has 0 amide bonds. The maximum atomic E-state index is 12.9. The van der Waals surface area contributed by atoms with E-state index < -0.39 is 21.8 Å². The number of piperazine rings is 1. The molecule has 1 fully saturated rings. The Bertz CT molecular complexity index is 878. The number of sulfonamides is 1. The summed E-state index contributed by atoms with van der Waals surface area (Å²) < 4.78 is 65.4. The molecule has 148 valence electrons. The molecule has 0 radical (unpaired) electrons. The molecule has 0 saturated carbocycles. The molecule has 1 aliphatic rings. The Morgan fingerprint density at radius 2 is 1.59 bits per heavy atom. The van der Waals surface area contributed by atoms with Gasteiger partial charge in [0.15, 0.2) is 0 Å². The minimum Gasteiger partial charge on any atom is -1.00 e. The van der Waals surface area contributed by atoms with E-state index in [0.29, 0.717) is 18.8 Å². The lowest BCUT2D eigenvalue weighted by Gasteiger charge is -2.31. The van der Waals surface area contributed by atoms with Crippen LogP contribution in [0.15, 0.2) is 53.4 Å². The number of aryl methyl sites for hydroxylation is 1. The Hall–Kier alpha value is -1.61. The van der Waals surface area contributed by atoms with Crippen molar-refractivity contribution in [2.75, 3.05) is 26.2 Å². The number of rotatable bonds is 3. The zero-order chi connectivity index (χ0) is 18.9. The fourth-order valence-corrected chi connectivity index (χ4v) is 4.50. The number of nitrogens with one attached hydrogen (secondary N) is 1. The summed E-state index contributed by atoms with van der Waals surface area (Å²) in [4.78, 5) is 1.09. The molecule has 1 heterocycles. The van der Waals surface area contributed by atoms with Crippen LogP contribution in [0, 0.1) is 6.92 Å². The van der Waals surface area contributed by atoms with Gasteiger partial charge in [-0.05, 0) is 31.2 Å². The smallest absolute Gasteiger partial charge is 0.416 e. The van der Waals surface area contributed by atoms with Crippen molar-refractivity contribution < 1.29 is 38.9 Å². The van der Waals surface area contributed by atoms with Crippen LogP contribution in [0.5, 0.6) is 0 Å². The molecular weight excluding hydrogens is 401 g/mol. The molecule has 2 aromatic carbocycles. The van der Waals surface area contributed by atoms with E-state index in [-0.39, 0.29) is 30.4 Å². The van der Waals surface area contributed by atoms with E-state index in [0.717, 1.165) is 22.6 Å². The van der Waals surface area contributed by atoms with Gasteiger partial charge in [0.2, 0.25) is 10.0 Å². The summed E-state index contributed by atoms with van der Waals surface area (Å²) in [5, 5.41) is 0. The Balaban J connectivity index is 0.00000261. The first-order valence-corrected chi connectivity index (χ1v) is 9.71. The van der Waals surface area contributed by atoms with Crippen molar-refractivity contribution in [2.45, 2.75) is 18.0 Å². The van der Waals surface area contributed by atoms with Crippen LogP contribution >= 0.6 is 0 Å². The third-order valence-corrected chi connectivity index (χ3v) is 6.50.